The average Bonchev–Trinajstić information content (AvgIpc) is 2.64. The van der Waals surface area contributed by atoms with Crippen molar-refractivity contribution in [3.8, 4) is 0 Å². The van der Waals surface area contributed by atoms with Crippen molar-refractivity contribution in [1.82, 2.24) is 10.6 Å². The molecule has 0 unspecified atom stereocenters. The van der Waals surface area contributed by atoms with Gasteiger partial charge in [-0.25, -0.2) is 0 Å². The highest BCUT2D eigenvalue weighted by Crippen LogP contribution is 2.17. The number of fused-ring (bicyclic) bond motifs is 1. The first-order valence-electron chi connectivity index (χ1n) is 5.80. The van der Waals surface area contributed by atoms with E-state index >= 15 is 0 Å². The van der Waals surface area contributed by atoms with Crippen LogP contribution in [0.3, 0.4) is 0 Å². The van der Waals surface area contributed by atoms with Gasteiger partial charge in [-0.05, 0) is 29.7 Å². The van der Waals surface area contributed by atoms with Crippen molar-refractivity contribution < 1.29 is 0 Å². The first kappa shape index (κ1) is 10.7. The van der Waals surface area contributed by atoms with Crippen molar-refractivity contribution in [3.63, 3.8) is 0 Å². The fourth-order valence-electron chi connectivity index (χ4n) is 2.01. The molecule has 0 aliphatic carbocycles. The largest absolute Gasteiger partial charge is 0.314 e. The van der Waals surface area contributed by atoms with Gasteiger partial charge in [0.2, 0.25) is 0 Å². The molecular formula is C13H20N2. The lowest BCUT2D eigenvalue weighted by Crippen LogP contribution is -2.24. The molecule has 0 atom stereocenters. The molecule has 0 amide bonds. The van der Waals surface area contributed by atoms with Crippen LogP contribution in [0.5, 0.6) is 0 Å². The number of hydrogen-bond donors (Lipinski definition) is 2. The first-order chi connectivity index (χ1) is 7.25. The minimum absolute atomic E-state index is 0.584. The van der Waals surface area contributed by atoms with Crippen LogP contribution in [-0.2, 0) is 19.5 Å². The Hall–Kier alpha value is -0.860. The molecule has 2 heteroatoms. The summed E-state index contributed by atoms with van der Waals surface area (Å²) in [7, 11) is 0. The molecule has 2 N–H and O–H groups in total. The average molecular weight is 204 g/mol. The lowest BCUT2D eigenvalue weighted by Gasteiger charge is -2.08. The van der Waals surface area contributed by atoms with Crippen LogP contribution in [0.25, 0.3) is 0 Å². The molecule has 0 saturated carbocycles. The maximum atomic E-state index is 3.45. The molecule has 0 aromatic heterocycles. The molecule has 1 aromatic carbocycles. The van der Waals surface area contributed by atoms with Gasteiger partial charge in [0, 0.05) is 19.1 Å². The standard InChI is InChI=1S/C13H20N2/c1-10(2)15-6-5-11-3-4-12-8-14-9-13(12)7-11/h3-4,7,10,14-15H,5-6,8-9H2,1-2H3. The van der Waals surface area contributed by atoms with Gasteiger partial charge in [0.25, 0.3) is 0 Å². The number of hydrogen-bond acceptors (Lipinski definition) is 2. The van der Waals surface area contributed by atoms with Crippen LogP contribution in [0.1, 0.15) is 30.5 Å². The van der Waals surface area contributed by atoms with Crippen LogP contribution in [0.15, 0.2) is 18.2 Å². The highest BCUT2D eigenvalue weighted by molar-refractivity contribution is 5.34. The molecule has 1 aliphatic rings. The van der Waals surface area contributed by atoms with Crippen molar-refractivity contribution in [2.75, 3.05) is 6.54 Å². The second-order valence-electron chi connectivity index (χ2n) is 4.57. The van der Waals surface area contributed by atoms with Gasteiger partial charge in [-0.1, -0.05) is 32.0 Å². The van der Waals surface area contributed by atoms with Crippen LogP contribution in [0.4, 0.5) is 0 Å². The van der Waals surface area contributed by atoms with Crippen LogP contribution < -0.4 is 10.6 Å². The zero-order valence-electron chi connectivity index (χ0n) is 9.64. The normalized spacial score (nSPS) is 14.6. The molecule has 1 aromatic rings. The lowest BCUT2D eigenvalue weighted by molar-refractivity contribution is 0.590. The lowest BCUT2D eigenvalue weighted by atomic mass is 10.0. The smallest absolute Gasteiger partial charge is 0.0212 e. The predicted octanol–water partition coefficient (Wildman–Crippen LogP) is 1.83. The molecule has 1 aliphatic heterocycles. The van der Waals surface area contributed by atoms with E-state index in [1.54, 1.807) is 0 Å². The van der Waals surface area contributed by atoms with E-state index in [1.165, 1.54) is 16.7 Å². The first-order valence-corrected chi connectivity index (χ1v) is 5.80. The van der Waals surface area contributed by atoms with Crippen LogP contribution in [0.2, 0.25) is 0 Å². The maximum absolute atomic E-state index is 3.45. The Morgan fingerprint density at radius 3 is 2.87 bits per heavy atom. The third-order valence-corrected chi connectivity index (χ3v) is 2.87. The second kappa shape index (κ2) is 4.77. The van der Waals surface area contributed by atoms with Gasteiger partial charge in [0.05, 0.1) is 0 Å². The topological polar surface area (TPSA) is 24.1 Å². The van der Waals surface area contributed by atoms with E-state index in [2.05, 4.69) is 42.7 Å². The molecule has 0 fully saturated rings. The summed E-state index contributed by atoms with van der Waals surface area (Å²) >= 11 is 0. The van der Waals surface area contributed by atoms with Crippen molar-refractivity contribution >= 4 is 0 Å². The van der Waals surface area contributed by atoms with Gasteiger partial charge < -0.3 is 10.6 Å². The molecular weight excluding hydrogens is 184 g/mol. The summed E-state index contributed by atoms with van der Waals surface area (Å²) in [5, 5.41) is 6.82. The molecule has 0 bridgehead atoms. The predicted molar refractivity (Wildman–Crippen MR) is 63.8 cm³/mol. The summed E-state index contributed by atoms with van der Waals surface area (Å²) in [6.07, 6.45) is 1.13. The van der Waals surface area contributed by atoms with Crippen molar-refractivity contribution in [2.24, 2.45) is 0 Å². The fourth-order valence-corrected chi connectivity index (χ4v) is 2.01. The zero-order chi connectivity index (χ0) is 10.7. The van der Waals surface area contributed by atoms with E-state index in [1.807, 2.05) is 0 Å². The highest BCUT2D eigenvalue weighted by Gasteiger charge is 2.09. The molecule has 1 heterocycles. The van der Waals surface area contributed by atoms with Crippen molar-refractivity contribution in [3.05, 3.63) is 34.9 Å². The third kappa shape index (κ3) is 2.80. The minimum atomic E-state index is 0.584. The Bertz CT molecular complexity index is 331. The van der Waals surface area contributed by atoms with Crippen LogP contribution in [0, 0.1) is 0 Å². The Balaban J connectivity index is 1.92. The van der Waals surface area contributed by atoms with E-state index in [-0.39, 0.29) is 0 Å². The number of nitrogens with one attached hydrogen (secondary N) is 2. The summed E-state index contributed by atoms with van der Waals surface area (Å²) in [6, 6.07) is 7.45. The van der Waals surface area contributed by atoms with E-state index in [4.69, 9.17) is 0 Å². The van der Waals surface area contributed by atoms with Crippen molar-refractivity contribution in [2.45, 2.75) is 39.4 Å². The molecule has 2 nitrogen and oxygen atoms in total. The summed E-state index contributed by atoms with van der Waals surface area (Å²) in [5.41, 5.74) is 4.40. The number of rotatable bonds is 4. The van der Waals surface area contributed by atoms with E-state index in [0.29, 0.717) is 6.04 Å². The molecule has 15 heavy (non-hydrogen) atoms. The van der Waals surface area contributed by atoms with Gasteiger partial charge in [-0.3, -0.25) is 0 Å². The van der Waals surface area contributed by atoms with E-state index in [9.17, 15) is 0 Å². The quantitative estimate of drug-likeness (QED) is 0.782. The van der Waals surface area contributed by atoms with Gasteiger partial charge >= 0.3 is 0 Å². The third-order valence-electron chi connectivity index (χ3n) is 2.87. The Morgan fingerprint density at radius 2 is 2.07 bits per heavy atom. The number of benzene rings is 1. The van der Waals surface area contributed by atoms with Gasteiger partial charge in [-0.2, -0.15) is 0 Å². The second-order valence-corrected chi connectivity index (χ2v) is 4.57. The zero-order valence-corrected chi connectivity index (χ0v) is 9.64. The maximum Gasteiger partial charge on any atom is 0.0212 e. The Kier molecular flexibility index (Phi) is 3.39. The fraction of sp³-hybridized carbons (Fsp3) is 0.538. The van der Waals surface area contributed by atoms with E-state index < -0.39 is 0 Å². The molecule has 2 rings (SSSR count). The molecule has 0 spiro atoms. The molecule has 0 radical (unpaired) electrons. The SMILES string of the molecule is CC(C)NCCc1ccc2c(c1)CNC2. The van der Waals surface area contributed by atoms with Gasteiger partial charge in [-0.15, -0.1) is 0 Å². The molecule has 82 valence electrons. The van der Waals surface area contributed by atoms with Crippen LogP contribution in [-0.4, -0.2) is 12.6 Å². The Labute approximate surface area is 92.1 Å². The summed E-state index contributed by atoms with van der Waals surface area (Å²) < 4.78 is 0. The summed E-state index contributed by atoms with van der Waals surface area (Å²) in [4.78, 5) is 0. The van der Waals surface area contributed by atoms with Gasteiger partial charge in [0.15, 0.2) is 0 Å². The minimum Gasteiger partial charge on any atom is -0.314 e. The summed E-state index contributed by atoms with van der Waals surface area (Å²) in [5.74, 6) is 0. The van der Waals surface area contributed by atoms with E-state index in [0.717, 1.165) is 26.1 Å². The summed E-state index contributed by atoms with van der Waals surface area (Å²) in [6.45, 7) is 7.53. The highest BCUT2D eigenvalue weighted by atomic mass is 14.9. The van der Waals surface area contributed by atoms with Gasteiger partial charge in [0.1, 0.15) is 0 Å². The Morgan fingerprint density at radius 1 is 1.27 bits per heavy atom. The van der Waals surface area contributed by atoms with Crippen molar-refractivity contribution in [1.29, 1.82) is 0 Å². The van der Waals surface area contributed by atoms with Crippen LogP contribution >= 0.6 is 0 Å². The monoisotopic (exact) mass is 204 g/mol. The molecule has 0 saturated heterocycles.